The zero-order valence-corrected chi connectivity index (χ0v) is 16.9. The molecule has 1 aliphatic rings. The molecule has 1 atom stereocenters. The van der Waals surface area contributed by atoms with Gasteiger partial charge in [0.05, 0.1) is 31.0 Å². The lowest BCUT2D eigenvalue weighted by atomic mass is 10.0. The van der Waals surface area contributed by atoms with Gasteiger partial charge in [0.25, 0.3) is 0 Å². The molecular weight excluding hydrogens is 414 g/mol. The lowest BCUT2D eigenvalue weighted by Gasteiger charge is -2.26. The van der Waals surface area contributed by atoms with Crippen LogP contribution in [0.15, 0.2) is 72.1 Å². The molecule has 160 valence electrons. The number of halogens is 2. The number of hydrogen-bond acceptors (Lipinski definition) is 5. The van der Waals surface area contributed by atoms with Gasteiger partial charge in [-0.05, 0) is 43.2 Å². The molecule has 7 nitrogen and oxygen atoms in total. The highest BCUT2D eigenvalue weighted by atomic mass is 19.1. The van der Waals surface area contributed by atoms with Crippen molar-refractivity contribution in [3.8, 4) is 16.8 Å². The Balaban J connectivity index is 1.39. The van der Waals surface area contributed by atoms with Gasteiger partial charge in [-0.2, -0.15) is 10.2 Å². The summed E-state index contributed by atoms with van der Waals surface area (Å²) in [5, 5.41) is 8.84. The van der Waals surface area contributed by atoms with Crippen LogP contribution in [-0.2, 0) is 0 Å². The van der Waals surface area contributed by atoms with E-state index in [-0.39, 0.29) is 6.04 Å². The van der Waals surface area contributed by atoms with Gasteiger partial charge in [-0.15, -0.1) is 0 Å². The molecule has 6 rings (SSSR count). The normalized spacial score (nSPS) is 16.3. The molecule has 9 heteroatoms. The third-order valence-electron chi connectivity index (χ3n) is 5.88. The standard InChI is InChI=1S/C23H18F2N6O/c24-17-3-4-19(25)18(10-17)20-2-1-7-29(20)22-5-8-30-23(28-22)21(12-27-30)31-13-16(11-26-31)15-6-9-32-14-15/h3-6,8-14,20H,1-2,7H2. The van der Waals surface area contributed by atoms with E-state index in [0.717, 1.165) is 30.0 Å². The third-order valence-corrected chi connectivity index (χ3v) is 5.88. The van der Waals surface area contributed by atoms with E-state index < -0.39 is 11.6 Å². The van der Waals surface area contributed by atoms with Crippen LogP contribution in [0.3, 0.4) is 0 Å². The molecule has 0 amide bonds. The Bertz CT molecular complexity index is 1410. The average molecular weight is 432 g/mol. The summed E-state index contributed by atoms with van der Waals surface area (Å²) in [6.07, 6.45) is 12.0. The van der Waals surface area contributed by atoms with E-state index in [2.05, 4.69) is 10.2 Å². The fraction of sp³-hybridized carbons (Fsp3) is 0.174. The number of anilines is 1. The van der Waals surface area contributed by atoms with Gasteiger partial charge in [0.2, 0.25) is 0 Å². The highest BCUT2D eigenvalue weighted by molar-refractivity contribution is 5.64. The minimum atomic E-state index is -0.443. The Kier molecular flexibility index (Phi) is 4.27. The maximum atomic E-state index is 14.5. The van der Waals surface area contributed by atoms with E-state index in [9.17, 15) is 8.78 Å². The van der Waals surface area contributed by atoms with Gasteiger partial charge >= 0.3 is 0 Å². The molecule has 1 fully saturated rings. The first kappa shape index (κ1) is 18.7. The van der Waals surface area contributed by atoms with Gasteiger partial charge in [0, 0.05) is 35.6 Å². The predicted octanol–water partition coefficient (Wildman–Crippen LogP) is 4.79. The molecule has 5 aromatic rings. The third kappa shape index (κ3) is 3.05. The SMILES string of the molecule is Fc1ccc(F)c(C2CCCN2c2ccn3ncc(-n4cc(-c5ccoc5)cn4)c3n2)c1. The predicted molar refractivity (Wildman–Crippen MR) is 113 cm³/mol. The molecular formula is C23H18F2N6O. The van der Waals surface area contributed by atoms with Crippen molar-refractivity contribution >= 4 is 11.5 Å². The van der Waals surface area contributed by atoms with Crippen LogP contribution < -0.4 is 4.90 Å². The van der Waals surface area contributed by atoms with Crippen molar-refractivity contribution in [3.05, 3.63) is 84.8 Å². The average Bonchev–Trinajstić information content (AvgIpc) is 3.60. The number of rotatable bonds is 4. The van der Waals surface area contributed by atoms with Crippen LogP contribution in [-0.4, -0.2) is 30.9 Å². The molecule has 0 radical (unpaired) electrons. The van der Waals surface area contributed by atoms with Crippen LogP contribution in [0.1, 0.15) is 24.4 Å². The van der Waals surface area contributed by atoms with Crippen LogP contribution in [0, 0.1) is 11.6 Å². The van der Waals surface area contributed by atoms with Gasteiger partial charge < -0.3 is 9.32 Å². The Morgan fingerprint density at radius 1 is 1.03 bits per heavy atom. The van der Waals surface area contributed by atoms with E-state index in [0.29, 0.717) is 29.3 Å². The lowest BCUT2D eigenvalue weighted by Crippen LogP contribution is -2.24. The molecule has 0 saturated carbocycles. The van der Waals surface area contributed by atoms with E-state index >= 15 is 0 Å². The molecule has 1 aliphatic heterocycles. The summed E-state index contributed by atoms with van der Waals surface area (Å²) >= 11 is 0. The number of benzene rings is 1. The number of nitrogens with zero attached hydrogens (tertiary/aromatic N) is 6. The van der Waals surface area contributed by atoms with Gasteiger partial charge in [-0.3, -0.25) is 0 Å². The van der Waals surface area contributed by atoms with Crippen molar-refractivity contribution in [2.75, 3.05) is 11.4 Å². The highest BCUT2D eigenvalue weighted by Crippen LogP contribution is 2.37. The number of aromatic nitrogens is 5. The van der Waals surface area contributed by atoms with Gasteiger partial charge in [-0.1, -0.05) is 0 Å². The fourth-order valence-electron chi connectivity index (χ4n) is 4.34. The minimum absolute atomic E-state index is 0.274. The minimum Gasteiger partial charge on any atom is -0.472 e. The molecule has 1 saturated heterocycles. The Hall–Kier alpha value is -4.01. The molecule has 0 spiro atoms. The van der Waals surface area contributed by atoms with Crippen molar-refractivity contribution in [1.82, 2.24) is 24.4 Å². The smallest absolute Gasteiger partial charge is 0.183 e. The molecule has 1 unspecified atom stereocenters. The lowest BCUT2D eigenvalue weighted by molar-refractivity contribution is 0.560. The highest BCUT2D eigenvalue weighted by Gasteiger charge is 2.30. The summed E-state index contributed by atoms with van der Waals surface area (Å²) < 4.78 is 36.8. The topological polar surface area (TPSA) is 64.4 Å². The number of hydrogen-bond donors (Lipinski definition) is 0. The first-order valence-corrected chi connectivity index (χ1v) is 10.3. The van der Waals surface area contributed by atoms with E-state index in [1.807, 2.05) is 29.4 Å². The molecule has 0 N–H and O–H groups in total. The summed E-state index contributed by atoms with van der Waals surface area (Å²) in [5.41, 5.74) is 3.53. The summed E-state index contributed by atoms with van der Waals surface area (Å²) in [6.45, 7) is 0.708. The summed E-state index contributed by atoms with van der Waals surface area (Å²) in [7, 11) is 0. The second-order valence-corrected chi connectivity index (χ2v) is 7.79. The molecule has 0 aliphatic carbocycles. The molecule has 32 heavy (non-hydrogen) atoms. The summed E-state index contributed by atoms with van der Waals surface area (Å²) in [5.74, 6) is -0.160. The van der Waals surface area contributed by atoms with Crippen LogP contribution in [0.5, 0.6) is 0 Å². The number of furan rings is 1. The molecule has 0 bridgehead atoms. The van der Waals surface area contributed by atoms with E-state index in [1.165, 1.54) is 12.1 Å². The van der Waals surface area contributed by atoms with Gasteiger partial charge in [-0.25, -0.2) is 23.0 Å². The summed E-state index contributed by atoms with van der Waals surface area (Å²) in [6, 6.07) is 7.05. The van der Waals surface area contributed by atoms with Gasteiger partial charge in [0.1, 0.15) is 23.1 Å². The van der Waals surface area contributed by atoms with Crippen LogP contribution in [0.25, 0.3) is 22.5 Å². The zero-order valence-electron chi connectivity index (χ0n) is 16.9. The van der Waals surface area contributed by atoms with E-state index in [4.69, 9.17) is 9.40 Å². The van der Waals surface area contributed by atoms with Crippen molar-refractivity contribution < 1.29 is 13.2 Å². The van der Waals surface area contributed by atoms with Crippen molar-refractivity contribution in [2.24, 2.45) is 0 Å². The van der Waals surface area contributed by atoms with Crippen molar-refractivity contribution in [3.63, 3.8) is 0 Å². The first-order valence-electron chi connectivity index (χ1n) is 10.3. The Labute approximate surface area is 181 Å². The van der Waals surface area contributed by atoms with Gasteiger partial charge in [0.15, 0.2) is 5.65 Å². The molecule has 4 aromatic heterocycles. The second kappa shape index (κ2) is 7.30. The van der Waals surface area contributed by atoms with Crippen LogP contribution >= 0.6 is 0 Å². The quantitative estimate of drug-likeness (QED) is 0.408. The zero-order chi connectivity index (χ0) is 21.7. The molecule has 1 aromatic carbocycles. The fourth-order valence-corrected chi connectivity index (χ4v) is 4.34. The van der Waals surface area contributed by atoms with Crippen LogP contribution in [0.2, 0.25) is 0 Å². The molecule has 5 heterocycles. The first-order chi connectivity index (χ1) is 15.7. The van der Waals surface area contributed by atoms with Crippen molar-refractivity contribution in [1.29, 1.82) is 0 Å². The maximum Gasteiger partial charge on any atom is 0.183 e. The van der Waals surface area contributed by atoms with Crippen LogP contribution in [0.4, 0.5) is 14.6 Å². The largest absolute Gasteiger partial charge is 0.472 e. The number of fused-ring (bicyclic) bond motifs is 1. The Morgan fingerprint density at radius 2 is 1.97 bits per heavy atom. The maximum absolute atomic E-state index is 14.5. The van der Waals surface area contributed by atoms with Crippen molar-refractivity contribution in [2.45, 2.75) is 18.9 Å². The second-order valence-electron chi connectivity index (χ2n) is 7.79. The monoisotopic (exact) mass is 432 g/mol. The van der Waals surface area contributed by atoms with E-state index in [1.54, 1.807) is 34.1 Å². The Morgan fingerprint density at radius 3 is 2.84 bits per heavy atom. The summed E-state index contributed by atoms with van der Waals surface area (Å²) in [4.78, 5) is 6.85.